The minimum atomic E-state index is 0.558. The second-order valence-electron chi connectivity index (χ2n) is 6.82. The highest BCUT2D eigenvalue weighted by Gasteiger charge is 2.19. The maximum atomic E-state index is 5.99. The molecule has 0 spiro atoms. The van der Waals surface area contributed by atoms with Gasteiger partial charge in [0.15, 0.2) is 0 Å². The van der Waals surface area contributed by atoms with Crippen LogP contribution in [0.25, 0.3) is 0 Å². The minimum Gasteiger partial charge on any atom is -0.381 e. The van der Waals surface area contributed by atoms with Gasteiger partial charge in [-0.15, -0.1) is 0 Å². The highest BCUT2D eigenvalue weighted by Crippen LogP contribution is 2.17. The van der Waals surface area contributed by atoms with Crippen LogP contribution in [0.1, 0.15) is 71.1 Å². The Morgan fingerprint density at radius 3 is 2.48 bits per heavy atom. The van der Waals surface area contributed by atoms with E-state index in [0.29, 0.717) is 12.0 Å². The van der Waals surface area contributed by atoms with E-state index in [4.69, 9.17) is 10.5 Å². The Balaban J connectivity index is 2.08. The van der Waals surface area contributed by atoms with Crippen molar-refractivity contribution in [2.24, 2.45) is 11.7 Å². The molecule has 0 amide bonds. The fourth-order valence-corrected chi connectivity index (χ4v) is 3.36. The van der Waals surface area contributed by atoms with E-state index in [0.717, 1.165) is 26.3 Å². The fraction of sp³-hybridized carbons (Fsp3) is 1.00. The Morgan fingerprint density at radius 1 is 1.14 bits per heavy atom. The number of nitrogens with zero attached hydrogens (tertiary/aromatic N) is 1. The average Bonchev–Trinajstić information content (AvgIpc) is 2.51. The predicted octanol–water partition coefficient (Wildman–Crippen LogP) is 3.81. The van der Waals surface area contributed by atoms with Gasteiger partial charge < -0.3 is 15.4 Å². The first-order valence-electron chi connectivity index (χ1n) is 9.26. The number of nitrogens with two attached hydrogens (primary N) is 1. The number of ether oxygens (including phenoxy) is 1. The third-order valence-electron chi connectivity index (χ3n) is 4.84. The van der Waals surface area contributed by atoms with Crippen molar-refractivity contribution in [1.82, 2.24) is 4.90 Å². The molecule has 3 heteroatoms. The largest absolute Gasteiger partial charge is 0.381 e. The SMILES string of the molecule is CCCCCCCCCC(CN)N(C)CC1CCCOC1. The first-order valence-corrected chi connectivity index (χ1v) is 9.26. The second-order valence-corrected chi connectivity index (χ2v) is 6.82. The van der Waals surface area contributed by atoms with Gasteiger partial charge in [0.1, 0.15) is 0 Å². The third kappa shape index (κ3) is 8.80. The molecule has 0 aromatic carbocycles. The zero-order chi connectivity index (χ0) is 15.3. The number of hydrogen-bond acceptors (Lipinski definition) is 3. The number of rotatable bonds is 12. The summed E-state index contributed by atoms with van der Waals surface area (Å²) in [5, 5.41) is 0. The number of unbranched alkanes of at least 4 members (excludes halogenated alkanes) is 6. The first kappa shape index (κ1) is 18.9. The van der Waals surface area contributed by atoms with E-state index in [1.165, 1.54) is 64.2 Å². The summed E-state index contributed by atoms with van der Waals surface area (Å²) in [6.45, 7) is 6.12. The minimum absolute atomic E-state index is 0.558. The number of likely N-dealkylation sites (N-methyl/N-ethyl adjacent to an activating group) is 1. The Morgan fingerprint density at radius 2 is 1.86 bits per heavy atom. The van der Waals surface area contributed by atoms with E-state index in [9.17, 15) is 0 Å². The zero-order valence-corrected chi connectivity index (χ0v) is 14.5. The van der Waals surface area contributed by atoms with Gasteiger partial charge in [-0.3, -0.25) is 0 Å². The van der Waals surface area contributed by atoms with Crippen molar-refractivity contribution >= 4 is 0 Å². The fourth-order valence-electron chi connectivity index (χ4n) is 3.36. The van der Waals surface area contributed by atoms with Gasteiger partial charge in [-0.1, -0.05) is 51.9 Å². The topological polar surface area (TPSA) is 38.5 Å². The molecule has 2 unspecified atom stereocenters. The monoisotopic (exact) mass is 298 g/mol. The molecule has 2 N–H and O–H groups in total. The van der Waals surface area contributed by atoms with Gasteiger partial charge in [0.25, 0.3) is 0 Å². The van der Waals surface area contributed by atoms with Gasteiger partial charge in [-0.25, -0.2) is 0 Å². The quantitative estimate of drug-likeness (QED) is 0.557. The van der Waals surface area contributed by atoms with Crippen molar-refractivity contribution in [2.45, 2.75) is 77.2 Å². The van der Waals surface area contributed by atoms with Gasteiger partial charge in [-0.05, 0) is 32.2 Å². The van der Waals surface area contributed by atoms with E-state index in [1.807, 2.05) is 0 Å². The van der Waals surface area contributed by atoms with E-state index in [2.05, 4.69) is 18.9 Å². The zero-order valence-electron chi connectivity index (χ0n) is 14.5. The summed E-state index contributed by atoms with van der Waals surface area (Å²) in [5.41, 5.74) is 5.99. The average molecular weight is 299 g/mol. The second kappa shape index (κ2) is 12.4. The maximum Gasteiger partial charge on any atom is 0.0506 e. The summed E-state index contributed by atoms with van der Waals surface area (Å²) in [6.07, 6.45) is 13.5. The molecule has 0 bridgehead atoms. The van der Waals surface area contributed by atoms with Crippen molar-refractivity contribution in [3.8, 4) is 0 Å². The molecule has 2 atom stereocenters. The summed E-state index contributed by atoms with van der Waals surface area (Å²) in [6, 6.07) is 0.558. The van der Waals surface area contributed by atoms with Crippen molar-refractivity contribution in [3.63, 3.8) is 0 Å². The lowest BCUT2D eigenvalue weighted by Gasteiger charge is -2.32. The van der Waals surface area contributed by atoms with Crippen LogP contribution in [0.2, 0.25) is 0 Å². The molecule has 0 aromatic heterocycles. The molecule has 21 heavy (non-hydrogen) atoms. The van der Waals surface area contributed by atoms with Crippen LogP contribution in [0.15, 0.2) is 0 Å². The molecule has 0 radical (unpaired) electrons. The highest BCUT2D eigenvalue weighted by molar-refractivity contribution is 4.74. The lowest BCUT2D eigenvalue weighted by Crippen LogP contribution is -2.42. The molecular formula is C18H38N2O. The standard InChI is InChI=1S/C18H38N2O/c1-3-4-5-6-7-8-9-12-18(14-19)20(2)15-17-11-10-13-21-16-17/h17-18H,3-16,19H2,1-2H3. The van der Waals surface area contributed by atoms with Crippen molar-refractivity contribution < 1.29 is 4.74 Å². The van der Waals surface area contributed by atoms with Crippen LogP contribution < -0.4 is 5.73 Å². The lowest BCUT2D eigenvalue weighted by atomic mass is 9.99. The highest BCUT2D eigenvalue weighted by atomic mass is 16.5. The molecule has 0 aliphatic carbocycles. The molecule has 1 saturated heterocycles. The van der Waals surface area contributed by atoms with Crippen molar-refractivity contribution in [3.05, 3.63) is 0 Å². The van der Waals surface area contributed by atoms with Gasteiger partial charge in [0, 0.05) is 25.7 Å². The van der Waals surface area contributed by atoms with E-state index < -0.39 is 0 Å². The predicted molar refractivity (Wildman–Crippen MR) is 91.6 cm³/mol. The summed E-state index contributed by atoms with van der Waals surface area (Å²) in [5.74, 6) is 0.715. The normalized spacial score (nSPS) is 20.9. The van der Waals surface area contributed by atoms with Crippen molar-refractivity contribution in [1.29, 1.82) is 0 Å². The van der Waals surface area contributed by atoms with Crippen LogP contribution >= 0.6 is 0 Å². The Bertz CT molecular complexity index is 229. The molecule has 3 nitrogen and oxygen atoms in total. The van der Waals surface area contributed by atoms with Gasteiger partial charge >= 0.3 is 0 Å². The van der Waals surface area contributed by atoms with Gasteiger partial charge in [0.05, 0.1) is 6.61 Å². The molecule has 0 saturated carbocycles. The Labute approximate surface area is 132 Å². The third-order valence-corrected chi connectivity index (χ3v) is 4.84. The smallest absolute Gasteiger partial charge is 0.0506 e. The van der Waals surface area contributed by atoms with Gasteiger partial charge in [0.2, 0.25) is 0 Å². The summed E-state index contributed by atoms with van der Waals surface area (Å²) >= 11 is 0. The van der Waals surface area contributed by atoms with Crippen molar-refractivity contribution in [2.75, 3.05) is 33.4 Å². The molecule has 0 aromatic rings. The molecule has 1 aliphatic rings. The van der Waals surface area contributed by atoms with E-state index >= 15 is 0 Å². The van der Waals surface area contributed by atoms with Crippen LogP contribution in [0.3, 0.4) is 0 Å². The summed E-state index contributed by atoms with van der Waals surface area (Å²) < 4.78 is 5.58. The maximum absolute atomic E-state index is 5.99. The van der Waals surface area contributed by atoms with E-state index in [1.54, 1.807) is 0 Å². The number of hydrogen-bond donors (Lipinski definition) is 1. The molecule has 126 valence electrons. The molecule has 1 heterocycles. The van der Waals surface area contributed by atoms with E-state index in [-0.39, 0.29) is 0 Å². The van der Waals surface area contributed by atoms with Crippen LogP contribution in [0.4, 0.5) is 0 Å². The summed E-state index contributed by atoms with van der Waals surface area (Å²) in [7, 11) is 2.24. The molecule has 1 aliphatic heterocycles. The first-order chi connectivity index (χ1) is 10.3. The van der Waals surface area contributed by atoms with Crippen LogP contribution in [-0.4, -0.2) is 44.3 Å². The Kier molecular flexibility index (Phi) is 11.2. The molecule has 1 fully saturated rings. The van der Waals surface area contributed by atoms with Crippen LogP contribution in [0.5, 0.6) is 0 Å². The van der Waals surface area contributed by atoms with Gasteiger partial charge in [-0.2, -0.15) is 0 Å². The Hall–Kier alpha value is -0.120. The molecular weight excluding hydrogens is 260 g/mol. The van der Waals surface area contributed by atoms with Crippen LogP contribution in [0, 0.1) is 5.92 Å². The lowest BCUT2D eigenvalue weighted by molar-refractivity contribution is 0.0359. The van der Waals surface area contributed by atoms with Crippen LogP contribution in [-0.2, 0) is 4.74 Å². The molecule has 1 rings (SSSR count). The summed E-state index contributed by atoms with van der Waals surface area (Å²) in [4.78, 5) is 2.48.